The molecule has 0 aromatic heterocycles. The summed E-state index contributed by atoms with van der Waals surface area (Å²) in [5.74, 6) is -0.647. The summed E-state index contributed by atoms with van der Waals surface area (Å²) in [5, 5.41) is 2.53. The van der Waals surface area contributed by atoms with Crippen LogP contribution in [0.15, 0.2) is 42.5 Å². The number of carbonyl (C=O) groups excluding carboxylic acids is 2. The van der Waals surface area contributed by atoms with Crippen molar-refractivity contribution in [1.29, 1.82) is 0 Å². The van der Waals surface area contributed by atoms with Crippen LogP contribution in [0.2, 0.25) is 0 Å². The molecule has 6 heteroatoms. The number of benzene rings is 2. The van der Waals surface area contributed by atoms with Crippen molar-refractivity contribution < 1.29 is 23.5 Å². The van der Waals surface area contributed by atoms with Crippen molar-refractivity contribution >= 4 is 17.6 Å². The van der Waals surface area contributed by atoms with E-state index in [1.165, 1.54) is 13.0 Å². The summed E-state index contributed by atoms with van der Waals surface area (Å²) >= 11 is 0. The van der Waals surface area contributed by atoms with Gasteiger partial charge in [-0.3, -0.25) is 9.59 Å². The van der Waals surface area contributed by atoms with E-state index in [1.54, 1.807) is 26.2 Å². The molecule has 2 aromatic carbocycles. The topological polar surface area (TPSA) is 64.6 Å². The van der Waals surface area contributed by atoms with Gasteiger partial charge in [0.1, 0.15) is 11.6 Å². The summed E-state index contributed by atoms with van der Waals surface area (Å²) in [6.45, 7) is 3.11. The number of anilines is 1. The molecule has 2 rings (SSSR count). The molecule has 138 valence electrons. The van der Waals surface area contributed by atoms with Gasteiger partial charge in [-0.25, -0.2) is 4.39 Å². The third kappa shape index (κ3) is 5.58. The molecular weight excluding hydrogens is 337 g/mol. The Balaban J connectivity index is 1.81. The minimum Gasteiger partial charge on any atom is -0.497 e. The van der Waals surface area contributed by atoms with Gasteiger partial charge < -0.3 is 14.8 Å². The van der Waals surface area contributed by atoms with E-state index in [9.17, 15) is 14.0 Å². The standard InChI is InChI=1S/C20H22FNO4/c1-13-4-8-16(12-18(13)21)22-20(24)14(2)26-19(23)11-7-15-5-9-17(25-3)10-6-15/h4-6,8-10,12,14H,7,11H2,1-3H3,(H,22,24). The highest BCUT2D eigenvalue weighted by Gasteiger charge is 2.18. The number of nitrogens with one attached hydrogen (secondary N) is 1. The lowest BCUT2D eigenvalue weighted by atomic mass is 10.1. The van der Waals surface area contributed by atoms with Crippen molar-refractivity contribution in [3.8, 4) is 5.75 Å². The molecular formula is C20H22FNO4. The molecule has 0 saturated carbocycles. The van der Waals surface area contributed by atoms with Gasteiger partial charge in [0.15, 0.2) is 6.10 Å². The summed E-state index contributed by atoms with van der Waals surface area (Å²) in [5.41, 5.74) is 1.77. The molecule has 0 aliphatic carbocycles. The molecule has 1 amide bonds. The van der Waals surface area contributed by atoms with Gasteiger partial charge in [-0.1, -0.05) is 18.2 Å². The number of ether oxygens (including phenoxy) is 2. The van der Waals surface area contributed by atoms with Crippen LogP contribution in [0, 0.1) is 12.7 Å². The van der Waals surface area contributed by atoms with Crippen LogP contribution in [0.1, 0.15) is 24.5 Å². The van der Waals surface area contributed by atoms with Crippen LogP contribution in [0.3, 0.4) is 0 Å². The van der Waals surface area contributed by atoms with Crippen molar-refractivity contribution in [3.63, 3.8) is 0 Å². The van der Waals surface area contributed by atoms with Crippen LogP contribution in [-0.2, 0) is 20.7 Å². The van der Waals surface area contributed by atoms with Crippen molar-refractivity contribution in [2.24, 2.45) is 0 Å². The first kappa shape index (κ1) is 19.4. The number of hydrogen-bond acceptors (Lipinski definition) is 4. The van der Waals surface area contributed by atoms with Gasteiger partial charge >= 0.3 is 5.97 Å². The normalized spacial score (nSPS) is 11.5. The molecule has 0 saturated heterocycles. The van der Waals surface area contributed by atoms with E-state index in [-0.39, 0.29) is 6.42 Å². The SMILES string of the molecule is COc1ccc(CCC(=O)OC(C)C(=O)Nc2ccc(C)c(F)c2)cc1. The molecule has 1 atom stereocenters. The first-order valence-electron chi connectivity index (χ1n) is 8.28. The number of methoxy groups -OCH3 is 1. The number of rotatable bonds is 7. The second-order valence-corrected chi connectivity index (χ2v) is 5.93. The molecule has 1 N–H and O–H groups in total. The maximum Gasteiger partial charge on any atom is 0.306 e. The van der Waals surface area contributed by atoms with Crippen LogP contribution < -0.4 is 10.1 Å². The Morgan fingerprint density at radius 3 is 2.46 bits per heavy atom. The molecule has 5 nitrogen and oxygen atoms in total. The highest BCUT2D eigenvalue weighted by atomic mass is 19.1. The zero-order chi connectivity index (χ0) is 19.1. The predicted molar refractivity (Wildman–Crippen MR) is 96.6 cm³/mol. The molecule has 0 bridgehead atoms. The fourth-order valence-electron chi connectivity index (χ4n) is 2.26. The second-order valence-electron chi connectivity index (χ2n) is 5.93. The number of amides is 1. The summed E-state index contributed by atoms with van der Waals surface area (Å²) in [4.78, 5) is 24.0. The monoisotopic (exact) mass is 359 g/mol. The van der Waals surface area contributed by atoms with E-state index >= 15 is 0 Å². The first-order chi connectivity index (χ1) is 12.4. The molecule has 0 heterocycles. The minimum absolute atomic E-state index is 0.156. The zero-order valence-corrected chi connectivity index (χ0v) is 15.0. The van der Waals surface area contributed by atoms with E-state index in [4.69, 9.17) is 9.47 Å². The Kier molecular flexibility index (Phi) is 6.72. The third-order valence-electron chi connectivity index (χ3n) is 3.89. The van der Waals surface area contributed by atoms with Crippen LogP contribution in [0.4, 0.5) is 10.1 Å². The summed E-state index contributed by atoms with van der Waals surface area (Å²) in [6, 6.07) is 11.8. The number of hydrogen-bond donors (Lipinski definition) is 1. The molecule has 0 fully saturated rings. The van der Waals surface area contributed by atoms with E-state index in [2.05, 4.69) is 5.32 Å². The molecule has 26 heavy (non-hydrogen) atoms. The second kappa shape index (κ2) is 8.99. The molecule has 0 aliphatic heterocycles. The third-order valence-corrected chi connectivity index (χ3v) is 3.89. The van der Waals surface area contributed by atoms with Gasteiger partial charge in [0.05, 0.1) is 7.11 Å². The fraction of sp³-hybridized carbons (Fsp3) is 0.300. The first-order valence-corrected chi connectivity index (χ1v) is 8.28. The average molecular weight is 359 g/mol. The van der Waals surface area contributed by atoms with E-state index in [1.807, 2.05) is 24.3 Å². The predicted octanol–water partition coefficient (Wildman–Crippen LogP) is 3.65. The number of esters is 1. The Bertz CT molecular complexity index is 774. The number of aryl methyl sites for hydroxylation is 2. The summed E-state index contributed by atoms with van der Waals surface area (Å²) in [7, 11) is 1.59. The maximum absolute atomic E-state index is 13.5. The van der Waals surface area contributed by atoms with Crippen molar-refractivity contribution in [2.45, 2.75) is 32.8 Å². The number of carbonyl (C=O) groups is 2. The van der Waals surface area contributed by atoms with Crippen LogP contribution >= 0.6 is 0 Å². The molecule has 0 radical (unpaired) electrons. The largest absolute Gasteiger partial charge is 0.497 e. The lowest BCUT2D eigenvalue weighted by Crippen LogP contribution is -2.30. The summed E-state index contributed by atoms with van der Waals surface area (Å²) in [6.07, 6.45) is -0.313. The van der Waals surface area contributed by atoms with Crippen molar-refractivity contribution in [1.82, 2.24) is 0 Å². The summed E-state index contributed by atoms with van der Waals surface area (Å²) < 4.78 is 23.7. The Morgan fingerprint density at radius 2 is 1.85 bits per heavy atom. The fourth-order valence-corrected chi connectivity index (χ4v) is 2.26. The average Bonchev–Trinajstić information content (AvgIpc) is 2.63. The molecule has 0 spiro atoms. The molecule has 2 aromatic rings. The lowest BCUT2D eigenvalue weighted by Gasteiger charge is -2.14. The van der Waals surface area contributed by atoms with Crippen LogP contribution in [0.5, 0.6) is 5.75 Å². The quantitative estimate of drug-likeness (QED) is 0.767. The van der Waals surface area contributed by atoms with Gasteiger partial charge in [-0.05, 0) is 55.7 Å². The highest BCUT2D eigenvalue weighted by Crippen LogP contribution is 2.15. The zero-order valence-electron chi connectivity index (χ0n) is 15.0. The lowest BCUT2D eigenvalue weighted by molar-refractivity contribution is -0.153. The Labute approximate surface area is 152 Å². The van der Waals surface area contributed by atoms with Crippen LogP contribution in [0.25, 0.3) is 0 Å². The van der Waals surface area contributed by atoms with Gasteiger partial charge in [0.25, 0.3) is 5.91 Å². The Hall–Kier alpha value is -2.89. The van der Waals surface area contributed by atoms with E-state index < -0.39 is 23.8 Å². The Morgan fingerprint density at radius 1 is 1.15 bits per heavy atom. The van der Waals surface area contributed by atoms with Gasteiger partial charge in [-0.2, -0.15) is 0 Å². The molecule has 0 aliphatic rings. The van der Waals surface area contributed by atoms with E-state index in [0.29, 0.717) is 17.7 Å². The van der Waals surface area contributed by atoms with Crippen molar-refractivity contribution in [3.05, 3.63) is 59.4 Å². The smallest absolute Gasteiger partial charge is 0.306 e. The van der Waals surface area contributed by atoms with Gasteiger partial charge in [-0.15, -0.1) is 0 Å². The van der Waals surface area contributed by atoms with Crippen molar-refractivity contribution in [2.75, 3.05) is 12.4 Å². The highest BCUT2D eigenvalue weighted by molar-refractivity contribution is 5.95. The van der Waals surface area contributed by atoms with Crippen LogP contribution in [-0.4, -0.2) is 25.1 Å². The maximum atomic E-state index is 13.5. The van der Waals surface area contributed by atoms with Gasteiger partial charge in [0.2, 0.25) is 0 Å². The van der Waals surface area contributed by atoms with Gasteiger partial charge in [0, 0.05) is 12.1 Å². The molecule has 1 unspecified atom stereocenters. The minimum atomic E-state index is -0.970. The number of halogens is 1. The van der Waals surface area contributed by atoms with E-state index in [0.717, 1.165) is 11.3 Å².